The summed E-state index contributed by atoms with van der Waals surface area (Å²) >= 11 is 0. The molecule has 0 spiro atoms. The van der Waals surface area contributed by atoms with Crippen LogP contribution >= 0.6 is 0 Å². The Hall–Kier alpha value is -10.3. The maximum atomic E-state index is 13.0. The lowest BCUT2D eigenvalue weighted by Gasteiger charge is -2.25. The summed E-state index contributed by atoms with van der Waals surface area (Å²) in [5, 5.41) is 34.0. The monoisotopic (exact) mass is 1270 g/mol. The Morgan fingerprint density at radius 1 is 0.500 bits per heavy atom. The van der Waals surface area contributed by atoms with Crippen LogP contribution in [0.25, 0.3) is 49.8 Å². The van der Waals surface area contributed by atoms with Gasteiger partial charge in [0.05, 0.1) is 46.3 Å². The van der Waals surface area contributed by atoms with Gasteiger partial charge in [0, 0.05) is 107 Å². The lowest BCUT2D eigenvalue weighted by Crippen LogP contribution is -2.28. The first-order chi connectivity index (χ1) is 45.7. The van der Waals surface area contributed by atoms with Crippen LogP contribution in [-0.2, 0) is 14.3 Å². The number of nitrogens with zero attached hydrogens (tertiary/aromatic N) is 7. The van der Waals surface area contributed by atoms with Crippen LogP contribution in [0.2, 0.25) is 0 Å². The van der Waals surface area contributed by atoms with E-state index in [0.717, 1.165) is 88.3 Å². The molecule has 11 aromatic rings. The van der Waals surface area contributed by atoms with E-state index in [1.165, 1.54) is 7.11 Å². The standard InChI is InChI=1S/C30H34N4O3.C17H17N3O.C16H13NO2.C12H18N2O3/c1-20(2)29-32-33-30(37-29)22-16-14-21(15-17-22)27(35)13-8-18-31-28(36)25-19-34(23-9-4-3-5-10-23)26-12-7-6-11-24(25)26;18-10-11-19-17(21)15-12-20(13-6-2-1-3-7-13)16-9-5-4-8-14(15)16;1-19-16(18)14-11-17(12-7-3-2-4-8-12)15-10-6-5-9-13(14)15;1-7(2)10-13-14-11(17-10)8-3-5-9(6-4-8)12(15)16/h3-7,9-12,19-22H,8,13-18H2,1-2H3,(H,31,36);1-9,12H,10-11,18H2,(H,19,21);2-11H,1H3;7-9H,3-6H2,1-2H3,(H,15,16). The second-order valence-electron chi connectivity index (χ2n) is 24.4. The highest BCUT2D eigenvalue weighted by atomic mass is 16.5. The van der Waals surface area contributed by atoms with E-state index in [2.05, 4.69) is 31.0 Å². The summed E-state index contributed by atoms with van der Waals surface area (Å²) in [4.78, 5) is 60.8. The predicted molar refractivity (Wildman–Crippen MR) is 363 cm³/mol. The number of benzene rings is 6. The summed E-state index contributed by atoms with van der Waals surface area (Å²) in [7, 11) is 1.40. The molecule has 5 aromatic heterocycles. The number of carbonyl (C=O) groups excluding carboxylic acids is 4. The molecule has 5 heterocycles. The summed E-state index contributed by atoms with van der Waals surface area (Å²) in [6.45, 7) is 9.49. The molecule has 5 N–H and O–H groups in total. The number of aliphatic carboxylic acids is 1. The van der Waals surface area contributed by atoms with Gasteiger partial charge in [-0.1, -0.05) is 137 Å². The number of hydrogen-bond acceptors (Lipinski definition) is 13. The van der Waals surface area contributed by atoms with Crippen molar-refractivity contribution < 1.29 is 42.7 Å². The lowest BCUT2D eigenvalue weighted by atomic mass is 9.79. The van der Waals surface area contributed by atoms with E-state index in [0.29, 0.717) is 91.4 Å². The van der Waals surface area contributed by atoms with Gasteiger partial charge >= 0.3 is 11.9 Å². The van der Waals surface area contributed by atoms with Crippen LogP contribution < -0.4 is 16.4 Å². The van der Waals surface area contributed by atoms with Crippen molar-refractivity contribution in [3.63, 3.8) is 0 Å². The number of fused-ring (bicyclic) bond motifs is 3. The van der Waals surface area contributed by atoms with E-state index in [1.807, 2.05) is 224 Å². The van der Waals surface area contributed by atoms with Gasteiger partial charge in [-0.15, -0.1) is 20.4 Å². The van der Waals surface area contributed by atoms with Crippen molar-refractivity contribution in [2.24, 2.45) is 17.6 Å². The highest BCUT2D eigenvalue weighted by Crippen LogP contribution is 2.38. The van der Waals surface area contributed by atoms with Gasteiger partial charge in [-0.25, -0.2) is 4.79 Å². The van der Waals surface area contributed by atoms with Crippen LogP contribution in [0.3, 0.4) is 0 Å². The number of carboxylic acids is 1. The van der Waals surface area contributed by atoms with Gasteiger partial charge in [0.2, 0.25) is 23.6 Å². The summed E-state index contributed by atoms with van der Waals surface area (Å²) in [6.07, 6.45) is 13.3. The number of ketones is 1. The molecule has 486 valence electrons. The number of rotatable bonds is 18. The molecule has 0 aliphatic heterocycles. The number of nitrogens with two attached hydrogens (primary N) is 1. The summed E-state index contributed by atoms with van der Waals surface area (Å²) in [6, 6.07) is 53.6. The first-order valence-electron chi connectivity index (χ1n) is 32.4. The molecule has 19 heteroatoms. The number of hydrogen-bond donors (Lipinski definition) is 4. The van der Waals surface area contributed by atoms with E-state index in [4.69, 9.17) is 24.4 Å². The molecule has 0 radical (unpaired) electrons. The van der Waals surface area contributed by atoms with E-state index < -0.39 is 5.97 Å². The third kappa shape index (κ3) is 16.1. The minimum Gasteiger partial charge on any atom is -0.481 e. The number of nitrogens with one attached hydrogen (secondary N) is 2. The molecule has 0 unspecified atom stereocenters. The van der Waals surface area contributed by atoms with Crippen molar-refractivity contribution in [2.75, 3.05) is 26.7 Å². The second kappa shape index (κ2) is 31.8. The molecule has 0 saturated heterocycles. The fourth-order valence-corrected chi connectivity index (χ4v) is 12.2. The van der Waals surface area contributed by atoms with E-state index >= 15 is 0 Å². The molecule has 19 nitrogen and oxygen atoms in total. The van der Waals surface area contributed by atoms with Gasteiger partial charge < -0.3 is 48.7 Å². The summed E-state index contributed by atoms with van der Waals surface area (Å²) in [5.74, 6) is 2.68. The van der Waals surface area contributed by atoms with Crippen LogP contribution in [0.1, 0.15) is 170 Å². The third-order valence-electron chi connectivity index (χ3n) is 17.3. The molecule has 0 atom stereocenters. The zero-order valence-electron chi connectivity index (χ0n) is 53.9. The molecule has 13 rings (SSSR count). The Bertz CT molecular complexity index is 4300. The molecule has 2 aliphatic carbocycles. The van der Waals surface area contributed by atoms with Gasteiger partial charge in [-0.3, -0.25) is 19.2 Å². The average molecular weight is 1270 g/mol. The summed E-state index contributed by atoms with van der Waals surface area (Å²) < 4.78 is 22.4. The Labute approximate surface area is 546 Å². The van der Waals surface area contributed by atoms with Crippen LogP contribution in [0.5, 0.6) is 0 Å². The highest BCUT2D eigenvalue weighted by Gasteiger charge is 2.32. The highest BCUT2D eigenvalue weighted by molar-refractivity contribution is 6.08. The number of amides is 2. The van der Waals surface area contributed by atoms with E-state index in [-0.39, 0.29) is 53.3 Å². The van der Waals surface area contributed by atoms with Crippen molar-refractivity contribution >= 4 is 62.2 Å². The number of aromatic nitrogens is 7. The Kier molecular flexibility index (Phi) is 22.6. The van der Waals surface area contributed by atoms with Crippen LogP contribution in [0, 0.1) is 11.8 Å². The lowest BCUT2D eigenvalue weighted by molar-refractivity contribution is -0.142. The first kappa shape index (κ1) is 66.6. The first-order valence-corrected chi connectivity index (χ1v) is 32.4. The fourth-order valence-electron chi connectivity index (χ4n) is 12.2. The molecule has 2 saturated carbocycles. The molecular weight excluding hydrogens is 1180 g/mol. The molecule has 94 heavy (non-hydrogen) atoms. The smallest absolute Gasteiger partial charge is 0.340 e. The number of esters is 1. The zero-order valence-corrected chi connectivity index (χ0v) is 53.9. The number of carbonyl (C=O) groups is 5. The molecule has 2 aliphatic rings. The van der Waals surface area contributed by atoms with Crippen molar-refractivity contribution in [3.05, 3.63) is 223 Å². The molecule has 0 bridgehead atoms. The number of carboxylic acid groups (broad SMARTS) is 1. The zero-order chi connectivity index (χ0) is 66.1. The van der Waals surface area contributed by atoms with Crippen molar-refractivity contribution in [1.82, 2.24) is 44.7 Å². The van der Waals surface area contributed by atoms with Gasteiger partial charge in [0.25, 0.3) is 11.8 Å². The average Bonchev–Trinajstić information content (AvgIpc) is 1.72. The van der Waals surface area contributed by atoms with Gasteiger partial charge in [0.15, 0.2) is 0 Å². The second-order valence-corrected chi connectivity index (χ2v) is 24.4. The third-order valence-corrected chi connectivity index (χ3v) is 17.3. The predicted octanol–water partition coefficient (Wildman–Crippen LogP) is 14.5. The molecule has 6 aromatic carbocycles. The van der Waals surface area contributed by atoms with E-state index in [1.54, 1.807) is 0 Å². The van der Waals surface area contributed by atoms with Gasteiger partial charge in [-0.05, 0) is 112 Å². The maximum absolute atomic E-state index is 13.0. The van der Waals surface area contributed by atoms with E-state index in [9.17, 15) is 24.0 Å². The van der Waals surface area contributed by atoms with Crippen LogP contribution in [0.15, 0.2) is 191 Å². The topological polar surface area (TPSA) is 258 Å². The van der Waals surface area contributed by atoms with Crippen LogP contribution in [-0.4, -0.2) is 95.5 Å². The minimum atomic E-state index is -0.683. The maximum Gasteiger partial charge on any atom is 0.340 e. The van der Waals surface area contributed by atoms with Gasteiger partial charge in [0.1, 0.15) is 5.78 Å². The summed E-state index contributed by atoms with van der Waals surface area (Å²) in [5.41, 5.74) is 13.4. The Morgan fingerprint density at radius 2 is 0.862 bits per heavy atom. The molecule has 2 amide bonds. The quantitative estimate of drug-likeness (QED) is 0.0460. The Balaban J connectivity index is 0.000000145. The minimum absolute atomic E-state index is 0.0864. The van der Waals surface area contributed by atoms with Crippen molar-refractivity contribution in [2.45, 2.75) is 116 Å². The molecule has 2 fully saturated rings. The fraction of sp³-hybridized carbons (Fsp3) is 0.320. The largest absolute Gasteiger partial charge is 0.481 e. The van der Waals surface area contributed by atoms with Crippen molar-refractivity contribution in [3.8, 4) is 17.1 Å². The SMILES string of the molecule is CC(C)c1nnc(C2CCC(C(=O)CCCNC(=O)c3cn(-c4ccccc4)c4ccccc34)CC2)o1.CC(C)c1nnc(C2CCC(C(=O)O)CC2)o1.COC(=O)c1cn(-c2ccccc2)c2ccccc12.NCCNC(=O)c1cn(-c2ccccc2)c2ccccc12. The van der Waals surface area contributed by atoms with Crippen molar-refractivity contribution in [1.29, 1.82) is 0 Å². The Morgan fingerprint density at radius 3 is 1.23 bits per heavy atom. The van der Waals surface area contributed by atoms with Crippen LogP contribution in [0.4, 0.5) is 0 Å². The normalized spacial score (nSPS) is 16.1. The molecular formula is C75H82N10O9. The number of para-hydroxylation sites is 6. The number of Topliss-reactive ketones (excluding diaryl/α,β-unsaturated/α-hetero) is 1. The van der Waals surface area contributed by atoms with Gasteiger partial charge in [-0.2, -0.15) is 0 Å². The number of ether oxygens (including phenoxy) is 1. The number of methoxy groups -OCH3 is 1.